The van der Waals surface area contributed by atoms with Crippen LogP contribution in [0.2, 0.25) is 0 Å². The second kappa shape index (κ2) is 8.97. The summed E-state index contributed by atoms with van der Waals surface area (Å²) in [6, 6.07) is 0. The van der Waals surface area contributed by atoms with E-state index in [2.05, 4.69) is 39.5 Å². The molecule has 0 N–H and O–H groups in total. The third kappa shape index (κ3) is 5.52. The van der Waals surface area contributed by atoms with Crippen LogP contribution >= 0.6 is 0 Å². The van der Waals surface area contributed by atoms with Crippen molar-refractivity contribution < 1.29 is 0 Å². The van der Waals surface area contributed by atoms with Gasteiger partial charge in [-0.15, -0.1) is 0 Å². The summed E-state index contributed by atoms with van der Waals surface area (Å²) in [5.41, 5.74) is 0. The Morgan fingerprint density at radius 3 is 1.64 bits per heavy atom. The molecule has 3 aliphatic rings. The van der Waals surface area contributed by atoms with E-state index in [1.54, 1.807) is 0 Å². The lowest BCUT2D eigenvalue weighted by molar-refractivity contribution is 0.167. The Hall–Kier alpha value is -0.440. The first-order chi connectivity index (χ1) is 12.0. The number of hydrogen-bond acceptors (Lipinski definition) is 0. The summed E-state index contributed by atoms with van der Waals surface area (Å²) in [7, 11) is 0. The molecule has 0 amide bonds. The second-order valence-electron chi connectivity index (χ2n) is 10.3. The standard InChI is InChI=1S/C25H42/c1-18-5-7-23(8-6-18)17-24-12-9-22(10-13-24)11-14-25-15-19(2)21(4)20(3)16-25/h18-25H,5-10,12-13,15-17H2,1-4H3. The SMILES string of the molecule is CC1CCC(CC2CCC(C#CC3CC(C)C(C)C(C)C3)CC2)CC1. The molecule has 0 spiro atoms. The fourth-order valence-electron chi connectivity index (χ4n) is 5.92. The van der Waals surface area contributed by atoms with Gasteiger partial charge in [0.25, 0.3) is 0 Å². The van der Waals surface area contributed by atoms with Crippen LogP contribution in [0.3, 0.4) is 0 Å². The zero-order chi connectivity index (χ0) is 17.8. The van der Waals surface area contributed by atoms with Crippen molar-refractivity contribution in [2.75, 3.05) is 0 Å². The molecule has 0 saturated heterocycles. The first-order valence-electron chi connectivity index (χ1n) is 11.5. The average Bonchev–Trinajstić information content (AvgIpc) is 2.61. The maximum absolute atomic E-state index is 3.73. The zero-order valence-electron chi connectivity index (χ0n) is 17.4. The van der Waals surface area contributed by atoms with Crippen molar-refractivity contribution >= 4 is 0 Å². The molecule has 2 atom stereocenters. The fraction of sp³-hybridized carbons (Fsp3) is 0.920. The molecule has 0 aromatic heterocycles. The Balaban J connectivity index is 1.40. The molecule has 25 heavy (non-hydrogen) atoms. The Kier molecular flexibility index (Phi) is 6.93. The van der Waals surface area contributed by atoms with E-state index in [-0.39, 0.29) is 0 Å². The first-order valence-corrected chi connectivity index (χ1v) is 11.5. The van der Waals surface area contributed by atoms with Crippen molar-refractivity contribution in [1.82, 2.24) is 0 Å². The quantitative estimate of drug-likeness (QED) is 0.461. The van der Waals surface area contributed by atoms with Gasteiger partial charge in [0.2, 0.25) is 0 Å². The highest BCUT2D eigenvalue weighted by molar-refractivity contribution is 5.10. The lowest BCUT2D eigenvalue weighted by Crippen LogP contribution is -2.27. The minimum atomic E-state index is 0.683. The van der Waals surface area contributed by atoms with Crippen LogP contribution in [-0.4, -0.2) is 0 Å². The van der Waals surface area contributed by atoms with Crippen LogP contribution in [0.25, 0.3) is 0 Å². The van der Waals surface area contributed by atoms with Crippen molar-refractivity contribution in [3.63, 3.8) is 0 Å². The maximum Gasteiger partial charge on any atom is 0.0208 e. The molecule has 142 valence electrons. The molecule has 0 bridgehead atoms. The Labute approximate surface area is 157 Å². The van der Waals surface area contributed by atoms with Gasteiger partial charge in [0, 0.05) is 11.8 Å². The van der Waals surface area contributed by atoms with Crippen LogP contribution in [0.4, 0.5) is 0 Å². The first kappa shape index (κ1) is 19.3. The molecule has 0 radical (unpaired) electrons. The van der Waals surface area contributed by atoms with Crippen LogP contribution in [0.1, 0.15) is 98.3 Å². The molecule has 2 unspecified atom stereocenters. The minimum absolute atomic E-state index is 0.683. The maximum atomic E-state index is 3.73. The molecular formula is C25H42. The molecule has 3 saturated carbocycles. The smallest absolute Gasteiger partial charge is 0.0208 e. The predicted octanol–water partition coefficient (Wildman–Crippen LogP) is 7.33. The Bertz CT molecular complexity index is 438. The van der Waals surface area contributed by atoms with E-state index in [0.29, 0.717) is 11.8 Å². The highest BCUT2D eigenvalue weighted by Crippen LogP contribution is 2.39. The topological polar surface area (TPSA) is 0 Å². The summed E-state index contributed by atoms with van der Waals surface area (Å²) in [4.78, 5) is 0. The molecule has 3 aliphatic carbocycles. The summed E-state index contributed by atoms with van der Waals surface area (Å²) in [5.74, 6) is 14.5. The van der Waals surface area contributed by atoms with Gasteiger partial charge in [-0.1, -0.05) is 65.2 Å². The fourth-order valence-corrected chi connectivity index (χ4v) is 5.92. The van der Waals surface area contributed by atoms with E-state index < -0.39 is 0 Å². The van der Waals surface area contributed by atoms with Crippen LogP contribution in [0, 0.1) is 59.2 Å². The van der Waals surface area contributed by atoms with Crippen molar-refractivity contribution in [2.24, 2.45) is 47.3 Å². The van der Waals surface area contributed by atoms with E-state index in [4.69, 9.17) is 0 Å². The number of hydrogen-bond donors (Lipinski definition) is 0. The molecule has 3 fully saturated rings. The molecular weight excluding hydrogens is 300 g/mol. The van der Waals surface area contributed by atoms with Crippen molar-refractivity contribution in [3.05, 3.63) is 0 Å². The van der Waals surface area contributed by atoms with E-state index in [0.717, 1.165) is 35.5 Å². The van der Waals surface area contributed by atoms with Gasteiger partial charge in [-0.05, 0) is 80.5 Å². The van der Waals surface area contributed by atoms with Crippen molar-refractivity contribution in [2.45, 2.75) is 98.3 Å². The van der Waals surface area contributed by atoms with E-state index >= 15 is 0 Å². The predicted molar refractivity (Wildman–Crippen MR) is 109 cm³/mol. The van der Waals surface area contributed by atoms with Crippen LogP contribution in [-0.2, 0) is 0 Å². The van der Waals surface area contributed by atoms with Gasteiger partial charge in [-0.3, -0.25) is 0 Å². The molecule has 3 rings (SSSR count). The van der Waals surface area contributed by atoms with Crippen LogP contribution in [0.15, 0.2) is 0 Å². The van der Waals surface area contributed by atoms with E-state index in [9.17, 15) is 0 Å². The third-order valence-corrected chi connectivity index (χ3v) is 8.25. The van der Waals surface area contributed by atoms with Gasteiger partial charge in [0.1, 0.15) is 0 Å². The lowest BCUT2D eigenvalue weighted by atomic mass is 9.70. The molecule has 0 aromatic rings. The summed E-state index contributed by atoms with van der Waals surface area (Å²) in [6.45, 7) is 9.75. The van der Waals surface area contributed by atoms with E-state index in [1.807, 2.05) is 0 Å². The minimum Gasteiger partial charge on any atom is -0.0996 e. The van der Waals surface area contributed by atoms with Gasteiger partial charge in [0.15, 0.2) is 0 Å². The lowest BCUT2D eigenvalue weighted by Gasteiger charge is -2.35. The Morgan fingerprint density at radius 2 is 1.08 bits per heavy atom. The van der Waals surface area contributed by atoms with Crippen molar-refractivity contribution in [1.29, 1.82) is 0 Å². The summed E-state index contributed by atoms with van der Waals surface area (Å²) in [6.07, 6.45) is 15.9. The molecule has 0 nitrogen and oxygen atoms in total. The molecule has 0 aromatic carbocycles. The third-order valence-electron chi connectivity index (χ3n) is 8.25. The van der Waals surface area contributed by atoms with E-state index in [1.165, 1.54) is 70.6 Å². The zero-order valence-corrected chi connectivity index (χ0v) is 17.4. The highest BCUT2D eigenvalue weighted by atomic mass is 14.3. The average molecular weight is 343 g/mol. The van der Waals surface area contributed by atoms with Crippen LogP contribution in [0.5, 0.6) is 0 Å². The number of rotatable bonds is 2. The van der Waals surface area contributed by atoms with Crippen molar-refractivity contribution in [3.8, 4) is 11.8 Å². The van der Waals surface area contributed by atoms with Crippen LogP contribution < -0.4 is 0 Å². The summed E-state index contributed by atoms with van der Waals surface area (Å²) >= 11 is 0. The monoisotopic (exact) mass is 342 g/mol. The summed E-state index contributed by atoms with van der Waals surface area (Å²) < 4.78 is 0. The second-order valence-corrected chi connectivity index (χ2v) is 10.3. The van der Waals surface area contributed by atoms with Gasteiger partial charge in [-0.25, -0.2) is 0 Å². The van der Waals surface area contributed by atoms with Gasteiger partial charge < -0.3 is 0 Å². The summed E-state index contributed by atoms with van der Waals surface area (Å²) in [5, 5.41) is 0. The normalized spacial score (nSPS) is 45.4. The highest BCUT2D eigenvalue weighted by Gasteiger charge is 2.29. The van der Waals surface area contributed by atoms with Gasteiger partial charge in [-0.2, -0.15) is 0 Å². The largest absolute Gasteiger partial charge is 0.0996 e. The Morgan fingerprint density at radius 1 is 0.600 bits per heavy atom. The molecule has 0 aliphatic heterocycles. The molecule has 0 heteroatoms. The van der Waals surface area contributed by atoms with Gasteiger partial charge in [0.05, 0.1) is 0 Å². The molecule has 0 heterocycles. The van der Waals surface area contributed by atoms with Gasteiger partial charge >= 0.3 is 0 Å².